The van der Waals surface area contributed by atoms with Gasteiger partial charge in [-0.25, -0.2) is 13.8 Å². The van der Waals surface area contributed by atoms with Gasteiger partial charge in [0, 0.05) is 11.8 Å². The van der Waals surface area contributed by atoms with E-state index in [-0.39, 0.29) is 5.88 Å². The Bertz CT molecular complexity index is 280. The summed E-state index contributed by atoms with van der Waals surface area (Å²) >= 11 is 0. The second-order valence-corrected chi connectivity index (χ2v) is 2.43. The number of aromatic nitrogens is 1. The zero-order valence-corrected chi connectivity index (χ0v) is 6.88. The summed E-state index contributed by atoms with van der Waals surface area (Å²) in [5.41, 5.74) is 0.519. The Morgan fingerprint density at radius 3 is 2.62 bits per heavy atom. The van der Waals surface area contributed by atoms with Crippen LogP contribution in [0.5, 0.6) is 5.88 Å². The second-order valence-electron chi connectivity index (χ2n) is 2.43. The molecule has 1 aromatic heterocycles. The van der Waals surface area contributed by atoms with E-state index in [0.717, 1.165) is 0 Å². The lowest BCUT2D eigenvalue weighted by atomic mass is 10.3. The Balaban J connectivity index is 2.69. The summed E-state index contributed by atoms with van der Waals surface area (Å²) in [4.78, 5) is 3.61. The van der Waals surface area contributed by atoms with Gasteiger partial charge in [-0.05, 0) is 13.0 Å². The normalized spacial score (nSPS) is 13.0. The first-order chi connectivity index (χ1) is 6.11. The van der Waals surface area contributed by atoms with Crippen molar-refractivity contribution in [2.75, 3.05) is 0 Å². The first kappa shape index (κ1) is 9.83. The van der Waals surface area contributed by atoms with Crippen LogP contribution in [0.15, 0.2) is 18.3 Å². The van der Waals surface area contributed by atoms with Gasteiger partial charge in [0.05, 0.1) is 0 Å². The van der Waals surface area contributed by atoms with Crippen molar-refractivity contribution in [3.63, 3.8) is 0 Å². The largest absolute Gasteiger partial charge is 0.437 e. The van der Waals surface area contributed by atoms with E-state index < -0.39 is 12.8 Å². The molecule has 0 aromatic carbocycles. The molecule has 0 N–H and O–H groups in total. The van der Waals surface area contributed by atoms with Crippen molar-refractivity contribution in [1.82, 2.24) is 4.98 Å². The topological polar surface area (TPSA) is 22.1 Å². The van der Waals surface area contributed by atoms with Gasteiger partial charge < -0.3 is 4.74 Å². The predicted molar refractivity (Wildman–Crippen MR) is 40.5 cm³/mol. The highest BCUT2D eigenvalue weighted by Crippen LogP contribution is 2.17. The number of hydrogen-bond acceptors (Lipinski definition) is 2. The Hall–Kier alpha value is -1.26. The highest BCUT2D eigenvalue weighted by atomic mass is 19.3. The first-order valence-electron chi connectivity index (χ1n) is 3.61. The summed E-state index contributed by atoms with van der Waals surface area (Å²) in [5.74, 6) is -0.102. The number of pyridine rings is 1. The third-order valence-corrected chi connectivity index (χ3v) is 1.38. The zero-order valence-electron chi connectivity index (χ0n) is 6.88. The van der Waals surface area contributed by atoms with Crippen molar-refractivity contribution in [2.24, 2.45) is 0 Å². The van der Waals surface area contributed by atoms with Crippen LogP contribution in [0.2, 0.25) is 0 Å². The number of ether oxygens (including phenoxy) is 1. The number of halogens is 3. The molecular weight excluding hydrogens is 183 g/mol. The molecule has 0 radical (unpaired) electrons. The Morgan fingerprint density at radius 2 is 2.08 bits per heavy atom. The van der Waals surface area contributed by atoms with Crippen molar-refractivity contribution in [3.05, 3.63) is 23.9 Å². The maximum Gasteiger partial charge on any atom is 0.304 e. The van der Waals surface area contributed by atoms with E-state index in [1.54, 1.807) is 19.1 Å². The highest BCUT2D eigenvalue weighted by Gasteiger charge is 2.21. The smallest absolute Gasteiger partial charge is 0.304 e. The lowest BCUT2D eigenvalue weighted by molar-refractivity contribution is -0.0693. The molecule has 2 nitrogen and oxygen atoms in total. The van der Waals surface area contributed by atoms with Crippen molar-refractivity contribution < 1.29 is 17.9 Å². The Kier molecular flexibility index (Phi) is 3.11. The molecule has 0 amide bonds. The molecule has 0 aliphatic rings. The van der Waals surface area contributed by atoms with Crippen LogP contribution in [0.25, 0.3) is 0 Å². The summed E-state index contributed by atoms with van der Waals surface area (Å²) in [5, 5.41) is 0. The number of nitrogens with zero attached hydrogens (tertiary/aromatic N) is 1. The van der Waals surface area contributed by atoms with Gasteiger partial charge in [0.15, 0.2) is 0 Å². The molecule has 1 atom stereocenters. The molecule has 0 aliphatic heterocycles. The third kappa shape index (κ3) is 2.61. The van der Waals surface area contributed by atoms with Crippen molar-refractivity contribution in [3.8, 4) is 5.88 Å². The van der Waals surface area contributed by atoms with Crippen molar-refractivity contribution >= 4 is 0 Å². The molecular formula is C8H8F3NO. The second kappa shape index (κ2) is 4.11. The molecule has 0 bridgehead atoms. The summed E-state index contributed by atoms with van der Waals surface area (Å²) < 4.78 is 40.1. The van der Waals surface area contributed by atoms with E-state index in [1.807, 2.05) is 0 Å². The van der Waals surface area contributed by atoms with E-state index in [2.05, 4.69) is 9.72 Å². The molecule has 1 heterocycles. The molecule has 0 aliphatic carbocycles. The number of aryl methyl sites for hydroxylation is 1. The number of alkyl halides is 3. The predicted octanol–water partition coefficient (Wildman–Crippen LogP) is 2.33. The van der Waals surface area contributed by atoms with Gasteiger partial charge in [-0.15, -0.1) is 0 Å². The lowest BCUT2D eigenvalue weighted by Gasteiger charge is -2.10. The van der Waals surface area contributed by atoms with Crippen LogP contribution in [-0.2, 0) is 0 Å². The fourth-order valence-corrected chi connectivity index (χ4v) is 0.753. The summed E-state index contributed by atoms with van der Waals surface area (Å²) in [6.45, 7) is 1.60. The van der Waals surface area contributed by atoms with Crippen LogP contribution in [-0.4, -0.2) is 17.8 Å². The fourth-order valence-electron chi connectivity index (χ4n) is 0.753. The molecule has 0 spiro atoms. The van der Waals surface area contributed by atoms with Crippen LogP contribution in [0.3, 0.4) is 0 Å². The quantitative estimate of drug-likeness (QED) is 0.731. The molecule has 72 valence electrons. The maximum absolute atomic E-state index is 12.4. The Labute approximate surface area is 73.4 Å². The van der Waals surface area contributed by atoms with Gasteiger partial charge in [-0.3, -0.25) is 0 Å². The molecule has 1 aromatic rings. The van der Waals surface area contributed by atoms with E-state index in [4.69, 9.17) is 0 Å². The number of rotatable bonds is 3. The summed E-state index contributed by atoms with van der Waals surface area (Å²) in [7, 11) is 0. The van der Waals surface area contributed by atoms with Crippen molar-refractivity contribution in [1.29, 1.82) is 0 Å². The number of hydrogen-bond donors (Lipinski definition) is 0. The standard InChI is InChI=1S/C8H8F3NO/c1-5-3-2-4-12-8(5)13-7(11)6(9)10/h2-4,6-7H,1H3. The van der Waals surface area contributed by atoms with Crippen LogP contribution < -0.4 is 4.74 Å². The highest BCUT2D eigenvalue weighted by molar-refractivity contribution is 5.23. The first-order valence-corrected chi connectivity index (χ1v) is 3.61. The lowest BCUT2D eigenvalue weighted by Crippen LogP contribution is -2.20. The monoisotopic (exact) mass is 191 g/mol. The van der Waals surface area contributed by atoms with Crippen LogP contribution >= 0.6 is 0 Å². The molecule has 0 fully saturated rings. The van der Waals surface area contributed by atoms with Crippen LogP contribution in [0.4, 0.5) is 13.2 Å². The minimum Gasteiger partial charge on any atom is -0.437 e. The summed E-state index contributed by atoms with van der Waals surface area (Å²) in [6, 6.07) is 3.21. The van der Waals surface area contributed by atoms with Crippen LogP contribution in [0.1, 0.15) is 5.56 Å². The molecule has 1 unspecified atom stereocenters. The fraction of sp³-hybridized carbons (Fsp3) is 0.375. The Morgan fingerprint density at radius 1 is 1.38 bits per heavy atom. The molecule has 0 saturated carbocycles. The van der Waals surface area contributed by atoms with E-state index in [9.17, 15) is 13.2 Å². The van der Waals surface area contributed by atoms with E-state index >= 15 is 0 Å². The zero-order chi connectivity index (χ0) is 9.84. The van der Waals surface area contributed by atoms with Gasteiger partial charge >= 0.3 is 6.43 Å². The SMILES string of the molecule is Cc1cccnc1OC(F)C(F)F. The molecule has 1 rings (SSSR count). The minimum absolute atomic E-state index is 0.102. The van der Waals surface area contributed by atoms with E-state index in [0.29, 0.717) is 5.56 Å². The van der Waals surface area contributed by atoms with Gasteiger partial charge in [-0.2, -0.15) is 4.39 Å². The van der Waals surface area contributed by atoms with E-state index in [1.165, 1.54) is 6.20 Å². The molecule has 13 heavy (non-hydrogen) atoms. The van der Waals surface area contributed by atoms with Crippen LogP contribution in [0, 0.1) is 6.92 Å². The van der Waals surface area contributed by atoms with Gasteiger partial charge in [-0.1, -0.05) is 6.07 Å². The van der Waals surface area contributed by atoms with Crippen molar-refractivity contribution in [2.45, 2.75) is 19.7 Å². The van der Waals surface area contributed by atoms with Gasteiger partial charge in [0.1, 0.15) is 0 Å². The summed E-state index contributed by atoms with van der Waals surface area (Å²) in [6.07, 6.45) is -4.42. The minimum atomic E-state index is -3.15. The molecule has 5 heteroatoms. The average Bonchev–Trinajstić information content (AvgIpc) is 2.08. The maximum atomic E-state index is 12.4. The van der Waals surface area contributed by atoms with Gasteiger partial charge in [0.25, 0.3) is 6.36 Å². The molecule has 0 saturated heterocycles. The van der Waals surface area contributed by atoms with Gasteiger partial charge in [0.2, 0.25) is 5.88 Å². The average molecular weight is 191 g/mol. The third-order valence-electron chi connectivity index (χ3n) is 1.38.